The van der Waals surface area contributed by atoms with Gasteiger partial charge in [0.15, 0.2) is 0 Å². The first-order chi connectivity index (χ1) is 13.2. The number of carbonyl (C=O) groups excluding carboxylic acids is 1. The van der Waals surface area contributed by atoms with Gasteiger partial charge in [-0.2, -0.15) is 0 Å². The molecular weight excluding hydrogens is 345 g/mol. The van der Waals surface area contributed by atoms with Crippen molar-refractivity contribution in [2.24, 2.45) is 0 Å². The average molecular weight is 371 g/mol. The Kier molecular flexibility index (Phi) is 6.82. The highest BCUT2D eigenvalue weighted by Crippen LogP contribution is 2.28. The first-order valence-corrected chi connectivity index (χ1v) is 9.42. The number of ether oxygens (including phenoxy) is 2. The molecule has 4 nitrogen and oxygen atoms in total. The van der Waals surface area contributed by atoms with Gasteiger partial charge in [-0.1, -0.05) is 18.2 Å². The standard InChI is InChI=1S/C22H26FNO3/c1-26-13-11-24-10-2-4-19-7-6-17(14-22(19)24)16-27-20-9-8-18(5-3-12-25)21(23)15-20/h6-9,12,14-15H,2-5,10-11,13,16H2,1H3. The molecule has 144 valence electrons. The molecule has 1 aliphatic rings. The van der Waals surface area contributed by atoms with Gasteiger partial charge in [-0.25, -0.2) is 4.39 Å². The van der Waals surface area contributed by atoms with E-state index in [0.717, 1.165) is 37.8 Å². The van der Waals surface area contributed by atoms with Gasteiger partial charge in [-0.3, -0.25) is 0 Å². The fourth-order valence-corrected chi connectivity index (χ4v) is 3.42. The molecule has 5 heteroatoms. The van der Waals surface area contributed by atoms with Crippen molar-refractivity contribution < 1.29 is 18.7 Å². The maximum absolute atomic E-state index is 14.1. The highest BCUT2D eigenvalue weighted by atomic mass is 19.1. The molecule has 2 aromatic rings. The summed E-state index contributed by atoms with van der Waals surface area (Å²) >= 11 is 0. The van der Waals surface area contributed by atoms with Crippen molar-refractivity contribution in [1.29, 1.82) is 0 Å². The smallest absolute Gasteiger partial charge is 0.130 e. The second kappa shape index (κ2) is 9.51. The molecule has 0 amide bonds. The van der Waals surface area contributed by atoms with Gasteiger partial charge in [0.25, 0.3) is 0 Å². The first-order valence-electron chi connectivity index (χ1n) is 9.42. The Labute approximate surface area is 159 Å². The van der Waals surface area contributed by atoms with Crippen LogP contribution in [0.5, 0.6) is 5.75 Å². The zero-order valence-electron chi connectivity index (χ0n) is 15.7. The summed E-state index contributed by atoms with van der Waals surface area (Å²) in [6.07, 6.45) is 3.79. The van der Waals surface area contributed by atoms with E-state index in [1.54, 1.807) is 19.2 Å². The van der Waals surface area contributed by atoms with Crippen LogP contribution in [0.4, 0.5) is 10.1 Å². The van der Waals surface area contributed by atoms with E-state index < -0.39 is 0 Å². The summed E-state index contributed by atoms with van der Waals surface area (Å²) in [5.74, 6) is 0.168. The minimum atomic E-state index is -0.328. The fourth-order valence-electron chi connectivity index (χ4n) is 3.42. The van der Waals surface area contributed by atoms with Crippen molar-refractivity contribution in [3.8, 4) is 5.75 Å². The molecule has 27 heavy (non-hydrogen) atoms. The number of hydrogen-bond acceptors (Lipinski definition) is 4. The number of benzene rings is 2. The molecule has 0 saturated carbocycles. The lowest BCUT2D eigenvalue weighted by Gasteiger charge is -2.31. The molecule has 0 atom stereocenters. The molecule has 1 aliphatic heterocycles. The van der Waals surface area contributed by atoms with Gasteiger partial charge >= 0.3 is 0 Å². The molecule has 0 saturated heterocycles. The van der Waals surface area contributed by atoms with Crippen LogP contribution in [0, 0.1) is 5.82 Å². The molecule has 0 bridgehead atoms. The predicted octanol–water partition coefficient (Wildman–Crippen LogP) is 3.94. The van der Waals surface area contributed by atoms with E-state index in [1.165, 1.54) is 17.3 Å². The zero-order valence-corrected chi connectivity index (χ0v) is 15.7. The lowest BCUT2D eigenvalue weighted by molar-refractivity contribution is -0.107. The zero-order chi connectivity index (χ0) is 19.1. The summed E-state index contributed by atoms with van der Waals surface area (Å²) in [7, 11) is 1.72. The van der Waals surface area contributed by atoms with Crippen molar-refractivity contribution in [3.05, 3.63) is 58.9 Å². The molecule has 0 aromatic heterocycles. The number of nitrogens with zero attached hydrogens (tertiary/aromatic N) is 1. The molecule has 1 heterocycles. The van der Waals surface area contributed by atoms with Crippen molar-refractivity contribution in [1.82, 2.24) is 0 Å². The van der Waals surface area contributed by atoms with Crippen LogP contribution in [0.25, 0.3) is 0 Å². The maximum atomic E-state index is 14.1. The number of aryl methyl sites for hydroxylation is 2. The van der Waals surface area contributed by atoms with E-state index in [-0.39, 0.29) is 5.82 Å². The summed E-state index contributed by atoms with van der Waals surface area (Å²) in [5, 5.41) is 0. The molecule has 0 N–H and O–H groups in total. The average Bonchev–Trinajstić information content (AvgIpc) is 2.70. The number of fused-ring (bicyclic) bond motifs is 1. The highest BCUT2D eigenvalue weighted by Gasteiger charge is 2.17. The number of hydrogen-bond donors (Lipinski definition) is 0. The molecular formula is C22H26FNO3. The Morgan fingerprint density at radius 2 is 2.11 bits per heavy atom. The summed E-state index contributed by atoms with van der Waals surface area (Å²) in [6, 6.07) is 11.2. The monoisotopic (exact) mass is 371 g/mol. The summed E-state index contributed by atoms with van der Waals surface area (Å²) < 4.78 is 25.1. The number of aldehydes is 1. The Morgan fingerprint density at radius 1 is 1.22 bits per heavy atom. The third-order valence-corrected chi connectivity index (χ3v) is 4.89. The van der Waals surface area contributed by atoms with Crippen LogP contribution in [0.1, 0.15) is 29.5 Å². The van der Waals surface area contributed by atoms with E-state index in [1.807, 2.05) is 0 Å². The third-order valence-electron chi connectivity index (χ3n) is 4.89. The SMILES string of the molecule is COCCN1CCCc2ccc(COc3ccc(CCC=O)c(F)c3)cc21. The van der Waals surface area contributed by atoms with Crippen molar-refractivity contribution in [2.45, 2.75) is 32.3 Å². The van der Waals surface area contributed by atoms with Crippen LogP contribution in [-0.2, 0) is 29.0 Å². The van der Waals surface area contributed by atoms with E-state index in [9.17, 15) is 9.18 Å². The number of halogens is 1. The topological polar surface area (TPSA) is 38.8 Å². The van der Waals surface area contributed by atoms with Crippen LogP contribution >= 0.6 is 0 Å². The highest BCUT2D eigenvalue weighted by molar-refractivity contribution is 5.57. The second-order valence-corrected chi connectivity index (χ2v) is 6.79. The number of carbonyl (C=O) groups is 1. The minimum absolute atomic E-state index is 0.325. The summed E-state index contributed by atoms with van der Waals surface area (Å²) in [4.78, 5) is 12.8. The van der Waals surface area contributed by atoms with Gasteiger partial charge in [0, 0.05) is 38.4 Å². The van der Waals surface area contributed by atoms with Crippen molar-refractivity contribution in [3.63, 3.8) is 0 Å². The van der Waals surface area contributed by atoms with Gasteiger partial charge < -0.3 is 19.2 Å². The molecule has 0 fully saturated rings. The first kappa shape index (κ1) is 19.4. The van der Waals surface area contributed by atoms with Gasteiger partial charge in [0.2, 0.25) is 0 Å². The molecule has 3 rings (SSSR count). The largest absolute Gasteiger partial charge is 0.489 e. The fraction of sp³-hybridized carbons (Fsp3) is 0.409. The Hall–Kier alpha value is -2.40. The number of anilines is 1. The Morgan fingerprint density at radius 3 is 2.89 bits per heavy atom. The molecule has 0 aliphatic carbocycles. The lowest BCUT2D eigenvalue weighted by atomic mass is 9.99. The molecule has 0 spiro atoms. The number of rotatable bonds is 9. The van der Waals surface area contributed by atoms with Crippen LogP contribution in [-0.4, -0.2) is 33.1 Å². The van der Waals surface area contributed by atoms with Gasteiger partial charge in [-0.15, -0.1) is 0 Å². The second-order valence-electron chi connectivity index (χ2n) is 6.79. The molecule has 0 radical (unpaired) electrons. The number of methoxy groups -OCH3 is 1. The van der Waals surface area contributed by atoms with E-state index in [2.05, 4.69) is 23.1 Å². The van der Waals surface area contributed by atoms with Gasteiger partial charge in [0.1, 0.15) is 24.5 Å². The van der Waals surface area contributed by atoms with Crippen LogP contribution in [0.3, 0.4) is 0 Å². The quantitative estimate of drug-likeness (QED) is 0.626. The summed E-state index contributed by atoms with van der Waals surface area (Å²) in [6.45, 7) is 3.00. The van der Waals surface area contributed by atoms with E-state index >= 15 is 0 Å². The van der Waals surface area contributed by atoms with Crippen LogP contribution in [0.15, 0.2) is 36.4 Å². The maximum Gasteiger partial charge on any atom is 0.130 e. The lowest BCUT2D eigenvalue weighted by Crippen LogP contribution is -2.32. The Bertz CT molecular complexity index is 778. The Balaban J connectivity index is 1.66. The summed E-state index contributed by atoms with van der Waals surface area (Å²) in [5.41, 5.74) is 4.20. The van der Waals surface area contributed by atoms with Gasteiger partial charge in [0.05, 0.1) is 6.61 Å². The van der Waals surface area contributed by atoms with Crippen LogP contribution in [0.2, 0.25) is 0 Å². The van der Waals surface area contributed by atoms with E-state index in [0.29, 0.717) is 37.4 Å². The molecule has 2 aromatic carbocycles. The van der Waals surface area contributed by atoms with Crippen molar-refractivity contribution >= 4 is 12.0 Å². The van der Waals surface area contributed by atoms with Gasteiger partial charge in [-0.05, 0) is 48.1 Å². The van der Waals surface area contributed by atoms with Crippen molar-refractivity contribution in [2.75, 3.05) is 31.7 Å². The van der Waals surface area contributed by atoms with E-state index in [4.69, 9.17) is 9.47 Å². The van der Waals surface area contributed by atoms with Crippen LogP contribution < -0.4 is 9.64 Å². The molecule has 0 unspecified atom stereocenters. The third kappa shape index (κ3) is 5.07. The normalized spacial score (nSPS) is 13.3. The minimum Gasteiger partial charge on any atom is -0.489 e. The predicted molar refractivity (Wildman–Crippen MR) is 104 cm³/mol.